The summed E-state index contributed by atoms with van der Waals surface area (Å²) in [6, 6.07) is 16.4. The van der Waals surface area contributed by atoms with Gasteiger partial charge in [-0.05, 0) is 49.6 Å². The van der Waals surface area contributed by atoms with Crippen molar-refractivity contribution in [1.82, 2.24) is 24.7 Å². The number of aliphatic hydroxyl groups is 1. The predicted octanol–water partition coefficient (Wildman–Crippen LogP) is 1.25. The van der Waals surface area contributed by atoms with Crippen LogP contribution in [0.15, 0.2) is 72.1 Å². The Morgan fingerprint density at radius 1 is 1.08 bits per heavy atom. The van der Waals surface area contributed by atoms with E-state index in [0.29, 0.717) is 39.1 Å². The number of rotatable bonds is 5. The molecule has 3 aliphatic rings. The number of likely N-dealkylation sites (tertiary alicyclic amines) is 1. The highest BCUT2D eigenvalue weighted by Gasteiger charge is 2.39. The molecule has 6 rings (SSSR count). The first-order chi connectivity index (χ1) is 18.1. The molecular formula is C29H34N6O2. The number of piperidine rings is 2. The van der Waals surface area contributed by atoms with Gasteiger partial charge in [0.2, 0.25) is 5.91 Å². The van der Waals surface area contributed by atoms with Crippen LogP contribution in [0.25, 0.3) is 11.9 Å². The van der Waals surface area contributed by atoms with Crippen LogP contribution in [0, 0.1) is 5.92 Å². The summed E-state index contributed by atoms with van der Waals surface area (Å²) in [5.74, 6) is 0.424. The molecule has 8 heteroatoms. The van der Waals surface area contributed by atoms with Crippen LogP contribution in [0.3, 0.4) is 0 Å². The number of carbonyl (C=O) groups excluding carboxylic acids is 1. The summed E-state index contributed by atoms with van der Waals surface area (Å²) in [6.45, 7) is 3.90. The molecule has 3 aromatic rings. The number of nitrogens with zero attached hydrogens (tertiary/aromatic N) is 5. The van der Waals surface area contributed by atoms with Gasteiger partial charge in [0, 0.05) is 68.0 Å². The fourth-order valence-corrected chi connectivity index (χ4v) is 6.03. The molecule has 2 fully saturated rings. The van der Waals surface area contributed by atoms with E-state index in [-0.39, 0.29) is 17.7 Å². The molecule has 2 aromatic heterocycles. The van der Waals surface area contributed by atoms with E-state index in [2.05, 4.69) is 44.2 Å². The first-order valence-corrected chi connectivity index (χ1v) is 13.2. The highest BCUT2D eigenvalue weighted by molar-refractivity contribution is 5.80. The zero-order chi connectivity index (χ0) is 25.2. The fraction of sp³-hybridized carbons (Fsp3) is 0.414. The molecule has 5 heterocycles. The largest absolute Gasteiger partial charge is 0.388 e. The van der Waals surface area contributed by atoms with Crippen molar-refractivity contribution < 1.29 is 9.90 Å². The maximum atomic E-state index is 13.6. The van der Waals surface area contributed by atoms with E-state index in [9.17, 15) is 9.90 Å². The number of nitrogens with one attached hydrogen (secondary N) is 1. The fourth-order valence-electron chi connectivity index (χ4n) is 6.03. The van der Waals surface area contributed by atoms with Gasteiger partial charge in [0.15, 0.2) is 0 Å². The number of β-amino-alcohol motifs (C(OH)–C–C–N with tert-alkyl or cyclic N) is 1. The molecule has 0 radical (unpaired) electrons. The molecule has 2 N–H and O–H groups in total. The van der Waals surface area contributed by atoms with Crippen LogP contribution in [0.2, 0.25) is 0 Å². The maximum Gasteiger partial charge on any atom is 0.226 e. The van der Waals surface area contributed by atoms with Crippen LogP contribution >= 0.6 is 0 Å². The molecule has 0 bridgehead atoms. The smallest absolute Gasteiger partial charge is 0.226 e. The van der Waals surface area contributed by atoms with Gasteiger partial charge in [-0.15, -0.1) is 0 Å². The van der Waals surface area contributed by atoms with Crippen LogP contribution in [-0.2, 0) is 4.79 Å². The summed E-state index contributed by atoms with van der Waals surface area (Å²) in [5.41, 5.74) is 2.34. The maximum absolute atomic E-state index is 13.6. The molecule has 0 aliphatic carbocycles. The number of fused-ring (bicyclic) bond motifs is 1. The number of hydrogen-bond donors (Lipinski definition) is 2. The Morgan fingerprint density at radius 2 is 1.86 bits per heavy atom. The lowest BCUT2D eigenvalue weighted by Crippen LogP contribution is -2.54. The Labute approximate surface area is 217 Å². The van der Waals surface area contributed by atoms with E-state index in [4.69, 9.17) is 4.99 Å². The van der Waals surface area contributed by atoms with Crippen LogP contribution in [0.5, 0.6) is 0 Å². The summed E-state index contributed by atoms with van der Waals surface area (Å²) >= 11 is 0. The molecule has 3 aliphatic heterocycles. The quantitative estimate of drug-likeness (QED) is 0.553. The average molecular weight is 499 g/mol. The molecular weight excluding hydrogens is 464 g/mol. The van der Waals surface area contributed by atoms with Crippen molar-refractivity contribution in [3.63, 3.8) is 0 Å². The van der Waals surface area contributed by atoms with Crippen molar-refractivity contribution in [1.29, 1.82) is 0 Å². The Kier molecular flexibility index (Phi) is 6.52. The highest BCUT2D eigenvalue weighted by Crippen LogP contribution is 2.33. The first-order valence-electron chi connectivity index (χ1n) is 13.2. The number of hydrogen-bond acceptors (Lipinski definition) is 6. The Bertz CT molecular complexity index is 1350. The molecule has 0 saturated carbocycles. The van der Waals surface area contributed by atoms with E-state index < -0.39 is 5.60 Å². The lowest BCUT2D eigenvalue weighted by Gasteiger charge is -2.43. The molecule has 0 unspecified atom stereocenters. The Morgan fingerprint density at radius 3 is 2.65 bits per heavy atom. The van der Waals surface area contributed by atoms with Crippen LogP contribution < -0.4 is 16.0 Å². The lowest BCUT2D eigenvalue weighted by molar-refractivity contribution is -0.141. The van der Waals surface area contributed by atoms with Gasteiger partial charge in [-0.1, -0.05) is 30.3 Å². The molecule has 0 spiro atoms. The SMILES string of the molecule is O=C([C@@H]1CCNC[C@H]1c1ccccc1)N1CCC(O)(CN2C=c3ccn(-c4ccncc4)c3=NC2)CC1. The van der Waals surface area contributed by atoms with Gasteiger partial charge in [0.05, 0.1) is 11.3 Å². The number of aromatic nitrogens is 2. The van der Waals surface area contributed by atoms with Crippen molar-refractivity contribution in [2.45, 2.75) is 30.8 Å². The third-order valence-corrected chi connectivity index (χ3v) is 8.08. The highest BCUT2D eigenvalue weighted by atomic mass is 16.3. The van der Waals surface area contributed by atoms with Crippen molar-refractivity contribution in [3.05, 3.63) is 83.4 Å². The minimum atomic E-state index is -0.832. The number of carbonyl (C=O) groups is 1. The van der Waals surface area contributed by atoms with E-state index in [0.717, 1.165) is 35.9 Å². The zero-order valence-corrected chi connectivity index (χ0v) is 21.0. The zero-order valence-electron chi connectivity index (χ0n) is 21.0. The third-order valence-electron chi connectivity index (χ3n) is 8.08. The van der Waals surface area contributed by atoms with Gasteiger partial charge in [-0.3, -0.25) is 9.78 Å². The lowest BCUT2D eigenvalue weighted by atomic mass is 9.80. The van der Waals surface area contributed by atoms with Gasteiger partial charge in [0.1, 0.15) is 12.2 Å². The second-order valence-corrected chi connectivity index (χ2v) is 10.5. The van der Waals surface area contributed by atoms with Crippen molar-refractivity contribution in [2.24, 2.45) is 10.9 Å². The molecule has 1 aromatic carbocycles. The van der Waals surface area contributed by atoms with Gasteiger partial charge in [0.25, 0.3) is 0 Å². The monoisotopic (exact) mass is 498 g/mol. The minimum absolute atomic E-state index is 0.00748. The average Bonchev–Trinajstić information content (AvgIpc) is 3.37. The van der Waals surface area contributed by atoms with Gasteiger partial charge in [-0.25, -0.2) is 4.99 Å². The molecule has 192 valence electrons. The van der Waals surface area contributed by atoms with Crippen LogP contribution in [0.1, 0.15) is 30.7 Å². The first kappa shape index (κ1) is 23.9. The summed E-state index contributed by atoms with van der Waals surface area (Å²) in [5, 5.41) is 15.9. The summed E-state index contributed by atoms with van der Waals surface area (Å²) < 4.78 is 2.06. The molecule has 2 atom stereocenters. The van der Waals surface area contributed by atoms with Gasteiger partial charge < -0.3 is 24.8 Å². The normalized spacial score (nSPS) is 23.1. The van der Waals surface area contributed by atoms with Gasteiger partial charge >= 0.3 is 0 Å². The molecule has 2 saturated heterocycles. The van der Waals surface area contributed by atoms with Crippen LogP contribution in [-0.4, -0.2) is 75.4 Å². The van der Waals surface area contributed by atoms with E-state index in [1.54, 1.807) is 12.4 Å². The molecule has 1 amide bonds. The van der Waals surface area contributed by atoms with E-state index in [1.807, 2.05) is 41.4 Å². The predicted molar refractivity (Wildman–Crippen MR) is 141 cm³/mol. The summed E-state index contributed by atoms with van der Waals surface area (Å²) in [4.78, 5) is 26.6. The second-order valence-electron chi connectivity index (χ2n) is 10.5. The van der Waals surface area contributed by atoms with E-state index >= 15 is 0 Å². The third kappa shape index (κ3) is 4.91. The number of benzene rings is 1. The molecule has 37 heavy (non-hydrogen) atoms. The second kappa shape index (κ2) is 10.1. The Hall–Kier alpha value is -3.49. The minimum Gasteiger partial charge on any atom is -0.388 e. The van der Waals surface area contributed by atoms with E-state index in [1.165, 1.54) is 5.56 Å². The molecule has 8 nitrogen and oxygen atoms in total. The standard InChI is InChI=1S/C29H34N6O2/c36-28(25-8-14-31-18-26(25)22-4-2-1-3-5-22)34-16-10-29(37,11-17-34)20-33-19-23-9-15-35(27(23)32-21-33)24-6-12-30-13-7-24/h1-7,9,12-13,15,19,25-26,31,37H,8,10-11,14,16-18,20-21H2/t25-,26+/m1/s1. The number of amides is 1. The van der Waals surface area contributed by atoms with Crippen LogP contribution in [0.4, 0.5) is 0 Å². The summed E-state index contributed by atoms with van der Waals surface area (Å²) in [6.07, 6.45) is 9.68. The van der Waals surface area contributed by atoms with Crippen molar-refractivity contribution in [3.8, 4) is 5.69 Å². The summed E-state index contributed by atoms with van der Waals surface area (Å²) in [7, 11) is 0. The topological polar surface area (TPSA) is 86.0 Å². The van der Waals surface area contributed by atoms with Gasteiger partial charge in [-0.2, -0.15) is 0 Å². The number of pyridine rings is 1. The van der Waals surface area contributed by atoms with Crippen molar-refractivity contribution in [2.75, 3.05) is 39.4 Å². The van der Waals surface area contributed by atoms with Crippen molar-refractivity contribution >= 4 is 12.1 Å². The Balaban J connectivity index is 1.10.